The maximum absolute atomic E-state index is 12.1. The number of benzene rings is 1. The fourth-order valence-electron chi connectivity index (χ4n) is 1.81. The summed E-state index contributed by atoms with van der Waals surface area (Å²) < 4.78 is 0. The lowest BCUT2D eigenvalue weighted by Gasteiger charge is -2.24. The molecule has 0 aliphatic rings. The summed E-state index contributed by atoms with van der Waals surface area (Å²) in [4.78, 5) is 22.5. The number of hydrogen-bond acceptors (Lipinski definition) is 2. The van der Waals surface area contributed by atoms with Crippen LogP contribution in [-0.2, 0) is 15.0 Å². The predicted octanol–water partition coefficient (Wildman–Crippen LogP) is 2.34. The first-order valence-electron chi connectivity index (χ1n) is 6.50. The first-order valence-corrected chi connectivity index (χ1v) is 6.50. The summed E-state index contributed by atoms with van der Waals surface area (Å²) in [6.07, 6.45) is 1.42. The number of carboxylic acid groups (broad SMARTS) is 1. The Hall–Kier alpha value is -1.84. The summed E-state index contributed by atoms with van der Waals surface area (Å²) >= 11 is 0. The number of nitrogens with one attached hydrogen (secondary N) is 1. The molecule has 1 amide bonds. The third-order valence-corrected chi connectivity index (χ3v) is 3.17. The van der Waals surface area contributed by atoms with Gasteiger partial charge in [0.05, 0.1) is 5.41 Å². The van der Waals surface area contributed by atoms with Crippen molar-refractivity contribution in [2.75, 3.05) is 6.54 Å². The number of rotatable bonds is 7. The Morgan fingerprint density at radius 1 is 1.16 bits per heavy atom. The minimum atomic E-state index is -0.795. The van der Waals surface area contributed by atoms with Gasteiger partial charge in [0.15, 0.2) is 0 Å². The van der Waals surface area contributed by atoms with Gasteiger partial charge in [0.2, 0.25) is 5.91 Å². The zero-order valence-corrected chi connectivity index (χ0v) is 11.5. The molecule has 1 aromatic carbocycles. The van der Waals surface area contributed by atoms with Crippen LogP contribution in [0.2, 0.25) is 0 Å². The summed E-state index contributed by atoms with van der Waals surface area (Å²) in [5, 5.41) is 11.4. The molecular formula is C15H21NO3. The molecule has 0 spiro atoms. The lowest BCUT2D eigenvalue weighted by Crippen LogP contribution is -2.40. The van der Waals surface area contributed by atoms with E-state index in [1.165, 1.54) is 0 Å². The van der Waals surface area contributed by atoms with Gasteiger partial charge in [0, 0.05) is 13.0 Å². The molecule has 1 aromatic rings. The normalized spacial score (nSPS) is 11.1. The van der Waals surface area contributed by atoms with Crippen molar-refractivity contribution < 1.29 is 14.7 Å². The molecule has 0 bridgehead atoms. The third kappa shape index (κ3) is 4.73. The molecule has 0 heterocycles. The van der Waals surface area contributed by atoms with Crippen LogP contribution in [0.1, 0.15) is 38.7 Å². The Balaban J connectivity index is 2.42. The predicted molar refractivity (Wildman–Crippen MR) is 74.0 cm³/mol. The van der Waals surface area contributed by atoms with Crippen LogP contribution in [-0.4, -0.2) is 23.5 Å². The minimum Gasteiger partial charge on any atom is -0.481 e. The first-order chi connectivity index (χ1) is 8.94. The van der Waals surface area contributed by atoms with E-state index < -0.39 is 11.4 Å². The highest BCUT2D eigenvalue weighted by Crippen LogP contribution is 2.22. The Kier molecular flexibility index (Phi) is 5.55. The average molecular weight is 263 g/mol. The van der Waals surface area contributed by atoms with E-state index in [2.05, 4.69) is 5.32 Å². The van der Waals surface area contributed by atoms with Crippen molar-refractivity contribution in [3.8, 4) is 0 Å². The second-order valence-corrected chi connectivity index (χ2v) is 5.10. The molecule has 1 rings (SSSR count). The van der Waals surface area contributed by atoms with Crippen molar-refractivity contribution in [3.05, 3.63) is 35.9 Å². The molecule has 0 saturated heterocycles. The zero-order valence-electron chi connectivity index (χ0n) is 11.5. The summed E-state index contributed by atoms with van der Waals surface area (Å²) in [6.45, 7) is 4.28. The molecule has 104 valence electrons. The van der Waals surface area contributed by atoms with Gasteiger partial charge < -0.3 is 10.4 Å². The van der Waals surface area contributed by atoms with Crippen LogP contribution >= 0.6 is 0 Å². The van der Waals surface area contributed by atoms with Gasteiger partial charge in [0.1, 0.15) is 0 Å². The second kappa shape index (κ2) is 6.92. The van der Waals surface area contributed by atoms with E-state index in [4.69, 9.17) is 5.11 Å². The number of carboxylic acids is 1. The molecule has 0 unspecified atom stereocenters. The molecule has 0 aliphatic carbocycles. The molecule has 0 saturated carbocycles. The van der Waals surface area contributed by atoms with Gasteiger partial charge in [0.25, 0.3) is 0 Å². The molecule has 4 heteroatoms. The van der Waals surface area contributed by atoms with Crippen molar-refractivity contribution in [1.82, 2.24) is 5.32 Å². The zero-order chi connectivity index (χ0) is 14.3. The highest BCUT2D eigenvalue weighted by atomic mass is 16.4. The van der Waals surface area contributed by atoms with E-state index in [-0.39, 0.29) is 12.3 Å². The van der Waals surface area contributed by atoms with Gasteiger partial charge in [-0.15, -0.1) is 0 Å². The maximum atomic E-state index is 12.1. The molecule has 0 aromatic heterocycles. The summed E-state index contributed by atoms with van der Waals surface area (Å²) in [5.74, 6) is -0.829. The van der Waals surface area contributed by atoms with Crippen molar-refractivity contribution in [1.29, 1.82) is 0 Å². The van der Waals surface area contributed by atoms with Crippen LogP contribution in [0.5, 0.6) is 0 Å². The lowest BCUT2D eigenvalue weighted by molar-refractivity contribution is -0.137. The number of aliphatic carboxylic acids is 1. The molecule has 4 nitrogen and oxygen atoms in total. The summed E-state index contributed by atoms with van der Waals surface area (Å²) in [7, 11) is 0. The fourth-order valence-corrected chi connectivity index (χ4v) is 1.81. The van der Waals surface area contributed by atoms with Crippen molar-refractivity contribution in [2.45, 2.75) is 38.5 Å². The van der Waals surface area contributed by atoms with E-state index in [0.717, 1.165) is 5.56 Å². The fraction of sp³-hybridized carbons (Fsp3) is 0.467. The smallest absolute Gasteiger partial charge is 0.303 e. The molecule has 19 heavy (non-hydrogen) atoms. The Labute approximate surface area is 113 Å². The van der Waals surface area contributed by atoms with Crippen LogP contribution < -0.4 is 5.32 Å². The topological polar surface area (TPSA) is 66.4 Å². The maximum Gasteiger partial charge on any atom is 0.303 e. The molecule has 0 fully saturated rings. The SMILES string of the molecule is CC(C)(C(=O)NCCCCC(=O)O)c1ccccc1. The van der Waals surface area contributed by atoms with Crippen LogP contribution in [0.3, 0.4) is 0 Å². The standard InChI is InChI=1S/C15H21NO3/c1-15(2,12-8-4-3-5-9-12)14(19)16-11-7-6-10-13(17)18/h3-5,8-9H,6-7,10-11H2,1-2H3,(H,16,19)(H,17,18). The number of unbranched alkanes of at least 4 members (excludes halogenated alkanes) is 1. The van der Waals surface area contributed by atoms with Gasteiger partial charge in [-0.2, -0.15) is 0 Å². The number of amides is 1. The van der Waals surface area contributed by atoms with E-state index in [0.29, 0.717) is 19.4 Å². The van der Waals surface area contributed by atoms with E-state index in [9.17, 15) is 9.59 Å². The Bertz CT molecular complexity index is 426. The van der Waals surface area contributed by atoms with Gasteiger partial charge in [-0.05, 0) is 32.3 Å². The van der Waals surface area contributed by atoms with Crippen LogP contribution in [0.15, 0.2) is 30.3 Å². The Morgan fingerprint density at radius 3 is 2.37 bits per heavy atom. The quantitative estimate of drug-likeness (QED) is 0.742. The molecule has 0 aliphatic heterocycles. The van der Waals surface area contributed by atoms with Crippen LogP contribution in [0.25, 0.3) is 0 Å². The minimum absolute atomic E-state index is 0.0333. The first kappa shape index (κ1) is 15.2. The van der Waals surface area contributed by atoms with E-state index in [1.54, 1.807) is 0 Å². The molecule has 0 radical (unpaired) electrons. The summed E-state index contributed by atoms with van der Waals surface area (Å²) in [5.41, 5.74) is 0.395. The van der Waals surface area contributed by atoms with Gasteiger partial charge in [-0.25, -0.2) is 0 Å². The third-order valence-electron chi connectivity index (χ3n) is 3.17. The number of hydrogen-bond donors (Lipinski definition) is 2. The molecular weight excluding hydrogens is 242 g/mol. The van der Waals surface area contributed by atoms with Gasteiger partial charge >= 0.3 is 5.97 Å². The average Bonchev–Trinajstić information content (AvgIpc) is 2.38. The highest BCUT2D eigenvalue weighted by molar-refractivity contribution is 5.87. The van der Waals surface area contributed by atoms with E-state index >= 15 is 0 Å². The molecule has 2 N–H and O–H groups in total. The molecule has 0 atom stereocenters. The number of carbonyl (C=O) groups is 2. The van der Waals surface area contributed by atoms with Crippen molar-refractivity contribution >= 4 is 11.9 Å². The lowest BCUT2D eigenvalue weighted by atomic mass is 9.84. The summed E-state index contributed by atoms with van der Waals surface area (Å²) in [6, 6.07) is 9.62. The van der Waals surface area contributed by atoms with Crippen molar-refractivity contribution in [2.24, 2.45) is 0 Å². The van der Waals surface area contributed by atoms with E-state index in [1.807, 2.05) is 44.2 Å². The van der Waals surface area contributed by atoms with Gasteiger partial charge in [-0.3, -0.25) is 9.59 Å². The van der Waals surface area contributed by atoms with Crippen molar-refractivity contribution in [3.63, 3.8) is 0 Å². The monoisotopic (exact) mass is 263 g/mol. The van der Waals surface area contributed by atoms with Gasteiger partial charge in [-0.1, -0.05) is 30.3 Å². The van der Waals surface area contributed by atoms with Crippen LogP contribution in [0.4, 0.5) is 0 Å². The number of carbonyl (C=O) groups excluding carboxylic acids is 1. The second-order valence-electron chi connectivity index (χ2n) is 5.10. The largest absolute Gasteiger partial charge is 0.481 e. The highest BCUT2D eigenvalue weighted by Gasteiger charge is 2.28. The van der Waals surface area contributed by atoms with Crippen LogP contribution in [0, 0.1) is 0 Å². The Morgan fingerprint density at radius 2 is 1.79 bits per heavy atom.